The van der Waals surface area contributed by atoms with Crippen LogP contribution in [0.3, 0.4) is 0 Å². The standard InChI is InChI=1S/C30H36N6O/c1-2-21-12-13-27-24(19-21)20-26(30(37)31-27)28(29-32-33-34-36(29)25-10-6-7-11-25)35-16-14-23(15-17-35)18-22-8-4-3-5-9-22/h3-5,8-9,12-13,19-20,23,25,28H,2,6-7,10-11,14-18H2,1H3,(H,31,37)/t28-/m0/s1. The molecule has 3 heterocycles. The van der Waals surface area contributed by atoms with Crippen LogP contribution >= 0.6 is 0 Å². The van der Waals surface area contributed by atoms with Crippen molar-refractivity contribution in [2.75, 3.05) is 13.1 Å². The van der Waals surface area contributed by atoms with Gasteiger partial charge in [-0.05, 0) is 103 Å². The largest absolute Gasteiger partial charge is 0.322 e. The van der Waals surface area contributed by atoms with Crippen LogP contribution in [0.2, 0.25) is 0 Å². The molecule has 2 aromatic heterocycles. The zero-order valence-electron chi connectivity index (χ0n) is 21.6. The molecule has 0 spiro atoms. The topological polar surface area (TPSA) is 79.7 Å². The van der Waals surface area contributed by atoms with Crippen LogP contribution in [0.4, 0.5) is 0 Å². The van der Waals surface area contributed by atoms with Crippen LogP contribution in [-0.4, -0.2) is 43.2 Å². The zero-order valence-corrected chi connectivity index (χ0v) is 21.6. The maximum absolute atomic E-state index is 13.5. The summed E-state index contributed by atoms with van der Waals surface area (Å²) in [6.07, 6.45) is 8.86. The van der Waals surface area contributed by atoms with Crippen molar-refractivity contribution >= 4 is 10.9 Å². The quantitative estimate of drug-likeness (QED) is 0.379. The average Bonchev–Trinajstić information content (AvgIpc) is 3.63. The summed E-state index contributed by atoms with van der Waals surface area (Å²) < 4.78 is 2.03. The number of pyridine rings is 1. The molecule has 4 aromatic rings. The Balaban J connectivity index is 1.35. The van der Waals surface area contributed by atoms with Crippen LogP contribution in [0.15, 0.2) is 59.4 Å². The van der Waals surface area contributed by atoms with Gasteiger partial charge in [-0.15, -0.1) is 5.10 Å². The molecule has 7 nitrogen and oxygen atoms in total. The second kappa shape index (κ2) is 10.6. The van der Waals surface area contributed by atoms with Gasteiger partial charge in [0.1, 0.15) is 6.04 Å². The minimum absolute atomic E-state index is 0.0471. The molecule has 1 saturated heterocycles. The van der Waals surface area contributed by atoms with Crippen molar-refractivity contribution in [1.29, 1.82) is 0 Å². The van der Waals surface area contributed by atoms with Crippen LogP contribution in [0, 0.1) is 5.92 Å². The molecule has 1 atom stereocenters. The molecule has 1 aliphatic carbocycles. The molecule has 2 fully saturated rings. The van der Waals surface area contributed by atoms with E-state index >= 15 is 0 Å². The van der Waals surface area contributed by atoms with Crippen molar-refractivity contribution in [1.82, 2.24) is 30.1 Å². The molecule has 2 aromatic carbocycles. The number of aryl methyl sites for hydroxylation is 1. The Bertz CT molecular complexity index is 1400. The molecule has 0 amide bonds. The van der Waals surface area contributed by atoms with E-state index in [4.69, 9.17) is 0 Å². The summed E-state index contributed by atoms with van der Waals surface area (Å²) in [4.78, 5) is 19.1. The summed E-state index contributed by atoms with van der Waals surface area (Å²) in [5.74, 6) is 1.46. The molecule has 1 aliphatic heterocycles. The van der Waals surface area contributed by atoms with E-state index in [1.165, 1.54) is 24.0 Å². The van der Waals surface area contributed by atoms with Gasteiger partial charge in [0.05, 0.1) is 6.04 Å². The number of benzene rings is 2. The number of piperidine rings is 1. The Hall–Kier alpha value is -3.32. The highest BCUT2D eigenvalue weighted by Gasteiger charge is 2.35. The summed E-state index contributed by atoms with van der Waals surface area (Å²) >= 11 is 0. The number of likely N-dealkylation sites (tertiary alicyclic amines) is 1. The van der Waals surface area contributed by atoms with Gasteiger partial charge in [-0.2, -0.15) is 0 Å². The van der Waals surface area contributed by atoms with Crippen LogP contribution in [0.5, 0.6) is 0 Å². The highest BCUT2D eigenvalue weighted by molar-refractivity contribution is 5.80. The lowest BCUT2D eigenvalue weighted by atomic mass is 9.89. The van der Waals surface area contributed by atoms with Crippen molar-refractivity contribution < 1.29 is 0 Å². The Labute approximate surface area is 217 Å². The Morgan fingerprint density at radius 2 is 1.76 bits per heavy atom. The van der Waals surface area contributed by atoms with Gasteiger partial charge in [-0.3, -0.25) is 9.69 Å². The van der Waals surface area contributed by atoms with E-state index in [9.17, 15) is 4.79 Å². The molecule has 0 radical (unpaired) electrons. The molecule has 37 heavy (non-hydrogen) atoms. The lowest BCUT2D eigenvalue weighted by Gasteiger charge is -2.37. The van der Waals surface area contributed by atoms with E-state index in [1.807, 2.05) is 10.7 Å². The molecule has 2 aliphatic rings. The van der Waals surface area contributed by atoms with Crippen molar-refractivity contribution in [3.63, 3.8) is 0 Å². The van der Waals surface area contributed by atoms with Gasteiger partial charge >= 0.3 is 0 Å². The fourth-order valence-corrected chi connectivity index (χ4v) is 6.35. The summed E-state index contributed by atoms with van der Waals surface area (Å²) in [5.41, 5.74) is 4.24. The van der Waals surface area contributed by atoms with E-state index in [0.717, 1.165) is 73.9 Å². The minimum atomic E-state index is -0.258. The maximum atomic E-state index is 13.5. The van der Waals surface area contributed by atoms with Crippen LogP contribution in [-0.2, 0) is 12.8 Å². The molecule has 192 valence electrons. The number of tetrazole rings is 1. The van der Waals surface area contributed by atoms with Crippen molar-refractivity contribution in [3.05, 3.63) is 87.5 Å². The number of rotatable bonds is 7. The van der Waals surface area contributed by atoms with Gasteiger partial charge in [0.2, 0.25) is 0 Å². The Morgan fingerprint density at radius 3 is 2.51 bits per heavy atom. The number of aromatic nitrogens is 5. The summed E-state index contributed by atoms with van der Waals surface area (Å²) in [5, 5.41) is 14.2. The lowest BCUT2D eigenvalue weighted by Crippen LogP contribution is -2.41. The third kappa shape index (κ3) is 4.97. The van der Waals surface area contributed by atoms with Gasteiger partial charge in [0, 0.05) is 11.1 Å². The first kappa shape index (κ1) is 24.0. The number of hydrogen-bond donors (Lipinski definition) is 1. The lowest BCUT2D eigenvalue weighted by molar-refractivity contribution is 0.141. The third-order valence-corrected chi connectivity index (χ3v) is 8.46. The first-order valence-electron chi connectivity index (χ1n) is 13.9. The molecule has 1 N–H and O–H groups in total. The first-order valence-corrected chi connectivity index (χ1v) is 13.9. The predicted octanol–water partition coefficient (Wildman–Crippen LogP) is 5.24. The van der Waals surface area contributed by atoms with Gasteiger partial charge in [-0.25, -0.2) is 4.68 Å². The van der Waals surface area contributed by atoms with Gasteiger partial charge in [0.25, 0.3) is 5.56 Å². The highest BCUT2D eigenvalue weighted by Crippen LogP contribution is 2.36. The van der Waals surface area contributed by atoms with E-state index in [0.29, 0.717) is 12.0 Å². The van der Waals surface area contributed by atoms with E-state index in [1.54, 1.807) is 0 Å². The minimum Gasteiger partial charge on any atom is -0.322 e. The first-order chi connectivity index (χ1) is 18.2. The van der Waals surface area contributed by atoms with E-state index < -0.39 is 0 Å². The van der Waals surface area contributed by atoms with E-state index in [-0.39, 0.29) is 11.6 Å². The molecular weight excluding hydrogens is 460 g/mol. The second-order valence-electron chi connectivity index (χ2n) is 10.8. The van der Waals surface area contributed by atoms with Crippen molar-refractivity contribution in [3.8, 4) is 0 Å². The number of fused-ring (bicyclic) bond motifs is 1. The number of H-pyrrole nitrogens is 1. The Morgan fingerprint density at radius 1 is 0.973 bits per heavy atom. The Kier molecular flexibility index (Phi) is 6.87. The third-order valence-electron chi connectivity index (χ3n) is 8.46. The summed E-state index contributed by atoms with van der Waals surface area (Å²) in [6.45, 7) is 4.00. The van der Waals surface area contributed by atoms with Crippen molar-refractivity contribution in [2.45, 2.75) is 70.4 Å². The molecule has 6 rings (SSSR count). The highest BCUT2D eigenvalue weighted by atomic mass is 16.1. The van der Waals surface area contributed by atoms with Gasteiger partial charge in [0.15, 0.2) is 5.82 Å². The van der Waals surface area contributed by atoms with E-state index in [2.05, 4.69) is 80.9 Å². The van der Waals surface area contributed by atoms with Crippen LogP contribution < -0.4 is 5.56 Å². The molecule has 7 heteroatoms. The fraction of sp³-hybridized carbons (Fsp3) is 0.467. The fourth-order valence-electron chi connectivity index (χ4n) is 6.35. The monoisotopic (exact) mass is 496 g/mol. The zero-order chi connectivity index (χ0) is 25.2. The van der Waals surface area contributed by atoms with Crippen LogP contribution in [0.25, 0.3) is 10.9 Å². The molecule has 0 bridgehead atoms. The number of nitrogens with one attached hydrogen (secondary N) is 1. The molecule has 0 unspecified atom stereocenters. The van der Waals surface area contributed by atoms with Crippen LogP contribution in [0.1, 0.15) is 80.0 Å². The number of nitrogens with zero attached hydrogens (tertiary/aromatic N) is 5. The predicted molar refractivity (Wildman–Crippen MR) is 146 cm³/mol. The maximum Gasteiger partial charge on any atom is 0.253 e. The van der Waals surface area contributed by atoms with Gasteiger partial charge in [-0.1, -0.05) is 56.2 Å². The number of hydrogen-bond acceptors (Lipinski definition) is 5. The SMILES string of the molecule is CCc1ccc2[nH]c(=O)c([C@@H](c3nnnn3C3CCCC3)N3CCC(Cc4ccccc4)CC3)cc2c1. The molecule has 1 saturated carbocycles. The summed E-state index contributed by atoms with van der Waals surface area (Å²) in [6, 6.07) is 19.2. The summed E-state index contributed by atoms with van der Waals surface area (Å²) in [7, 11) is 0. The number of aromatic amines is 1. The molecular formula is C30H36N6O. The normalized spacial score (nSPS) is 18.5. The smallest absolute Gasteiger partial charge is 0.253 e. The van der Waals surface area contributed by atoms with Gasteiger partial charge < -0.3 is 4.98 Å². The van der Waals surface area contributed by atoms with Crippen molar-refractivity contribution in [2.24, 2.45) is 5.92 Å². The second-order valence-corrected chi connectivity index (χ2v) is 10.8. The average molecular weight is 497 g/mol.